The normalized spacial score (nSPS) is 11.2. The van der Waals surface area contributed by atoms with Gasteiger partial charge in [-0.3, -0.25) is 0 Å². The lowest BCUT2D eigenvalue weighted by Gasteiger charge is -2.27. The van der Waals surface area contributed by atoms with Gasteiger partial charge >= 0.3 is 0 Å². The topological polar surface area (TPSA) is 12.9 Å². The Balaban J connectivity index is 0.00000245. The number of benzene rings is 4. The lowest BCUT2D eigenvalue weighted by atomic mass is 10.2. The van der Waals surface area contributed by atoms with E-state index in [-0.39, 0.29) is 17.0 Å². The standard InChI is InChI=1S/C28H22ClNP.BrH/c29-23-18-16-22-17-19-24(30-28(22)20-23)21-31(25-10-4-1-5-11-25,26-12-6-2-7-13-26)27-14-8-3-9-15-27;/h1-20H,21H2;1H/q+1;/p-1. The summed E-state index contributed by atoms with van der Waals surface area (Å²) in [5.41, 5.74) is 2.02. The van der Waals surface area contributed by atoms with Crippen LogP contribution in [0.25, 0.3) is 10.9 Å². The lowest BCUT2D eigenvalue weighted by Crippen LogP contribution is -3.00. The molecule has 0 amide bonds. The first-order valence-corrected chi connectivity index (χ1v) is 12.7. The number of fused-ring (bicyclic) bond motifs is 1. The summed E-state index contributed by atoms with van der Waals surface area (Å²) in [5.74, 6) is 0. The number of hydrogen-bond acceptors (Lipinski definition) is 1. The molecule has 0 N–H and O–H groups in total. The molecule has 0 aliphatic heterocycles. The van der Waals surface area contributed by atoms with Gasteiger partial charge in [-0.15, -0.1) is 0 Å². The van der Waals surface area contributed by atoms with Crippen molar-refractivity contribution < 1.29 is 17.0 Å². The first kappa shape index (κ1) is 22.7. The van der Waals surface area contributed by atoms with E-state index in [1.807, 2.05) is 18.2 Å². The van der Waals surface area contributed by atoms with Crippen molar-refractivity contribution in [3.8, 4) is 0 Å². The van der Waals surface area contributed by atoms with Crippen molar-refractivity contribution in [1.29, 1.82) is 0 Å². The summed E-state index contributed by atoms with van der Waals surface area (Å²) in [6, 6.07) is 43.0. The van der Waals surface area contributed by atoms with E-state index in [0.29, 0.717) is 5.02 Å². The maximum atomic E-state index is 6.26. The van der Waals surface area contributed by atoms with Crippen LogP contribution >= 0.6 is 18.9 Å². The molecule has 0 atom stereocenters. The molecule has 158 valence electrons. The van der Waals surface area contributed by atoms with Crippen LogP contribution in [0, 0.1) is 0 Å². The van der Waals surface area contributed by atoms with Crippen LogP contribution in [0.2, 0.25) is 5.02 Å². The fraction of sp³-hybridized carbons (Fsp3) is 0.0357. The van der Waals surface area contributed by atoms with E-state index in [9.17, 15) is 0 Å². The smallest absolute Gasteiger partial charge is 0.118 e. The zero-order valence-corrected chi connectivity index (χ0v) is 20.6. The largest absolute Gasteiger partial charge is 1.00 e. The van der Waals surface area contributed by atoms with E-state index in [4.69, 9.17) is 16.6 Å². The molecule has 0 spiro atoms. The summed E-state index contributed by atoms with van der Waals surface area (Å²) in [5, 5.41) is 5.91. The van der Waals surface area contributed by atoms with E-state index in [0.717, 1.165) is 22.8 Å². The first-order chi connectivity index (χ1) is 15.3. The van der Waals surface area contributed by atoms with Crippen molar-refractivity contribution in [2.45, 2.75) is 6.16 Å². The highest BCUT2D eigenvalue weighted by Crippen LogP contribution is 2.57. The third kappa shape index (κ3) is 4.36. The van der Waals surface area contributed by atoms with Gasteiger partial charge in [0, 0.05) is 10.4 Å². The first-order valence-electron chi connectivity index (χ1n) is 10.4. The molecule has 4 aromatic carbocycles. The molecule has 32 heavy (non-hydrogen) atoms. The molecule has 0 unspecified atom stereocenters. The van der Waals surface area contributed by atoms with Gasteiger partial charge in [-0.25, -0.2) is 4.98 Å². The molecule has 0 aliphatic carbocycles. The van der Waals surface area contributed by atoms with Crippen LogP contribution in [0.5, 0.6) is 0 Å². The molecule has 0 saturated carbocycles. The molecule has 0 aliphatic rings. The molecule has 5 rings (SSSR count). The molecule has 1 nitrogen and oxygen atoms in total. The fourth-order valence-corrected chi connectivity index (χ4v) is 8.55. The van der Waals surface area contributed by atoms with Gasteiger partial charge in [0.05, 0.1) is 11.2 Å². The molecule has 0 fully saturated rings. The van der Waals surface area contributed by atoms with Gasteiger partial charge in [0.25, 0.3) is 0 Å². The van der Waals surface area contributed by atoms with Crippen LogP contribution < -0.4 is 32.9 Å². The quantitative estimate of drug-likeness (QED) is 0.325. The predicted octanol–water partition coefficient (Wildman–Crippen LogP) is 3.39. The zero-order valence-electron chi connectivity index (χ0n) is 17.4. The number of pyridine rings is 1. The van der Waals surface area contributed by atoms with Gasteiger partial charge in [0.1, 0.15) is 29.3 Å². The maximum absolute atomic E-state index is 6.26. The van der Waals surface area contributed by atoms with Crippen LogP contribution in [0.4, 0.5) is 0 Å². The molecule has 1 heterocycles. The summed E-state index contributed by atoms with van der Waals surface area (Å²) in [4.78, 5) is 5.04. The second-order valence-electron chi connectivity index (χ2n) is 7.61. The minimum atomic E-state index is -1.96. The van der Waals surface area contributed by atoms with Crippen molar-refractivity contribution in [2.24, 2.45) is 0 Å². The fourth-order valence-electron chi connectivity index (χ4n) is 4.23. The van der Waals surface area contributed by atoms with Crippen molar-refractivity contribution in [1.82, 2.24) is 4.98 Å². The van der Waals surface area contributed by atoms with Crippen LogP contribution in [0.3, 0.4) is 0 Å². The Labute approximate surface area is 205 Å². The Kier molecular flexibility index (Phi) is 7.06. The van der Waals surface area contributed by atoms with E-state index in [1.165, 1.54) is 15.9 Å². The number of halogens is 2. The SMILES string of the molecule is Clc1ccc2ccc(C[P+](c3ccccc3)(c3ccccc3)c3ccccc3)nc2c1.[Br-]. The van der Waals surface area contributed by atoms with Crippen molar-refractivity contribution in [3.05, 3.63) is 132 Å². The average molecular weight is 519 g/mol. The maximum Gasteiger partial charge on any atom is 0.118 e. The van der Waals surface area contributed by atoms with E-state index in [1.54, 1.807) is 0 Å². The Morgan fingerprint density at radius 3 is 1.56 bits per heavy atom. The number of aromatic nitrogens is 1. The van der Waals surface area contributed by atoms with Gasteiger partial charge in [0.2, 0.25) is 0 Å². The molecule has 4 heteroatoms. The van der Waals surface area contributed by atoms with Crippen molar-refractivity contribution in [3.63, 3.8) is 0 Å². The molecule has 5 aromatic rings. The lowest BCUT2D eigenvalue weighted by molar-refractivity contribution is -0.00000597. The van der Waals surface area contributed by atoms with Gasteiger partial charge in [0.15, 0.2) is 0 Å². The average Bonchev–Trinajstić information content (AvgIpc) is 2.84. The van der Waals surface area contributed by atoms with Gasteiger partial charge in [-0.1, -0.05) is 78.3 Å². The monoisotopic (exact) mass is 517 g/mol. The zero-order chi connectivity index (χ0) is 21.1. The second-order valence-corrected chi connectivity index (χ2v) is 11.5. The van der Waals surface area contributed by atoms with Crippen LogP contribution in [0.1, 0.15) is 5.69 Å². The molecule has 0 saturated heterocycles. The van der Waals surface area contributed by atoms with Crippen LogP contribution in [-0.2, 0) is 6.16 Å². The van der Waals surface area contributed by atoms with Crippen molar-refractivity contribution >= 4 is 45.7 Å². The molecular weight excluding hydrogens is 497 g/mol. The van der Waals surface area contributed by atoms with E-state index >= 15 is 0 Å². The Morgan fingerprint density at radius 1 is 0.594 bits per heavy atom. The highest BCUT2D eigenvalue weighted by molar-refractivity contribution is 7.95. The van der Waals surface area contributed by atoms with Crippen molar-refractivity contribution in [2.75, 3.05) is 0 Å². The van der Waals surface area contributed by atoms with Gasteiger partial charge in [-0.05, 0) is 54.6 Å². The summed E-state index contributed by atoms with van der Waals surface area (Å²) in [7, 11) is -1.96. The molecule has 1 aromatic heterocycles. The summed E-state index contributed by atoms with van der Waals surface area (Å²) >= 11 is 6.26. The third-order valence-corrected chi connectivity index (χ3v) is 10.3. The highest BCUT2D eigenvalue weighted by Gasteiger charge is 2.45. The van der Waals surface area contributed by atoms with Gasteiger partial charge in [-0.2, -0.15) is 0 Å². The minimum absolute atomic E-state index is 0. The molecule has 0 radical (unpaired) electrons. The molecule has 0 bridgehead atoms. The highest BCUT2D eigenvalue weighted by atomic mass is 79.9. The van der Waals surface area contributed by atoms with E-state index in [2.05, 4.69) is 103 Å². The molecular formula is C28H22BrClNP. The number of nitrogens with zero attached hydrogens (tertiary/aromatic N) is 1. The van der Waals surface area contributed by atoms with Crippen LogP contribution in [-0.4, -0.2) is 4.98 Å². The van der Waals surface area contributed by atoms with Gasteiger partial charge < -0.3 is 17.0 Å². The third-order valence-electron chi connectivity index (χ3n) is 5.70. The number of hydrogen-bond donors (Lipinski definition) is 0. The predicted molar refractivity (Wildman–Crippen MR) is 136 cm³/mol. The summed E-state index contributed by atoms with van der Waals surface area (Å²) in [6.45, 7) is 0. The summed E-state index contributed by atoms with van der Waals surface area (Å²) in [6.07, 6.45) is 0.855. The minimum Gasteiger partial charge on any atom is -1.00 e. The Hall–Kier alpha value is -2.51. The second kappa shape index (κ2) is 9.96. The Bertz CT molecular complexity index is 1210. The van der Waals surface area contributed by atoms with E-state index < -0.39 is 7.26 Å². The summed E-state index contributed by atoms with van der Waals surface area (Å²) < 4.78 is 0. The van der Waals surface area contributed by atoms with Crippen LogP contribution in [0.15, 0.2) is 121 Å². The Morgan fingerprint density at radius 2 is 1.06 bits per heavy atom. The number of rotatable bonds is 5.